The highest BCUT2D eigenvalue weighted by atomic mass is 16.4. The topological polar surface area (TPSA) is 67.3 Å². The first-order chi connectivity index (χ1) is 9.20. The molecule has 0 aliphatic carbocycles. The standard InChI is InChI=1S/C15H9NO3/c17-8-9-5-6-11-13(7-9)16-12-4-2-1-3-10(12)14(11)15(18)19/h1-8H,(H,18,19). The molecule has 3 rings (SSSR count). The second-order valence-electron chi connectivity index (χ2n) is 4.20. The fourth-order valence-electron chi connectivity index (χ4n) is 2.21. The van der Waals surface area contributed by atoms with Gasteiger partial charge in [0.2, 0.25) is 0 Å². The van der Waals surface area contributed by atoms with Gasteiger partial charge in [0.1, 0.15) is 6.29 Å². The molecule has 1 N–H and O–H groups in total. The molecule has 0 unspecified atom stereocenters. The summed E-state index contributed by atoms with van der Waals surface area (Å²) >= 11 is 0. The molecule has 0 aliphatic heterocycles. The quantitative estimate of drug-likeness (QED) is 0.561. The first kappa shape index (κ1) is 11.3. The Morgan fingerprint density at radius 3 is 2.53 bits per heavy atom. The predicted octanol–water partition coefficient (Wildman–Crippen LogP) is 2.90. The zero-order chi connectivity index (χ0) is 13.4. The summed E-state index contributed by atoms with van der Waals surface area (Å²) in [5.74, 6) is -0.998. The molecule has 0 atom stereocenters. The average Bonchev–Trinajstić information content (AvgIpc) is 2.43. The third-order valence-electron chi connectivity index (χ3n) is 3.06. The molecule has 4 heteroatoms. The van der Waals surface area contributed by atoms with Gasteiger partial charge in [-0.15, -0.1) is 0 Å². The van der Waals surface area contributed by atoms with Gasteiger partial charge in [0.25, 0.3) is 0 Å². The summed E-state index contributed by atoms with van der Waals surface area (Å²) < 4.78 is 0. The van der Waals surface area contributed by atoms with E-state index in [1.54, 1.807) is 42.5 Å². The lowest BCUT2D eigenvalue weighted by Crippen LogP contribution is -2.01. The monoisotopic (exact) mass is 251 g/mol. The number of carboxylic acids is 1. The van der Waals surface area contributed by atoms with Gasteiger partial charge in [-0.3, -0.25) is 4.79 Å². The van der Waals surface area contributed by atoms with Crippen molar-refractivity contribution in [2.24, 2.45) is 0 Å². The van der Waals surface area contributed by atoms with Crippen LogP contribution in [0.25, 0.3) is 21.8 Å². The van der Waals surface area contributed by atoms with Crippen LogP contribution in [-0.2, 0) is 0 Å². The normalized spacial score (nSPS) is 10.7. The molecule has 0 saturated heterocycles. The fraction of sp³-hybridized carbons (Fsp3) is 0. The minimum atomic E-state index is -0.998. The number of fused-ring (bicyclic) bond motifs is 2. The Morgan fingerprint density at radius 2 is 1.79 bits per heavy atom. The highest BCUT2D eigenvalue weighted by molar-refractivity contribution is 6.14. The predicted molar refractivity (Wildman–Crippen MR) is 71.6 cm³/mol. The number of hydrogen-bond donors (Lipinski definition) is 1. The molecule has 92 valence electrons. The molecule has 0 spiro atoms. The Bertz CT molecular complexity index is 824. The maximum Gasteiger partial charge on any atom is 0.337 e. The second kappa shape index (κ2) is 4.17. The molecule has 0 fully saturated rings. The number of aromatic carboxylic acids is 1. The highest BCUT2D eigenvalue weighted by Crippen LogP contribution is 2.26. The summed E-state index contributed by atoms with van der Waals surface area (Å²) in [6.07, 6.45) is 0.719. The van der Waals surface area contributed by atoms with Crippen molar-refractivity contribution in [1.82, 2.24) is 4.98 Å². The number of aromatic nitrogens is 1. The van der Waals surface area contributed by atoms with Crippen LogP contribution in [0, 0.1) is 0 Å². The van der Waals surface area contributed by atoms with Crippen molar-refractivity contribution in [3.05, 3.63) is 53.6 Å². The van der Waals surface area contributed by atoms with Gasteiger partial charge in [0.05, 0.1) is 16.6 Å². The molecular weight excluding hydrogens is 242 g/mol. The van der Waals surface area contributed by atoms with Gasteiger partial charge in [0, 0.05) is 16.3 Å². The lowest BCUT2D eigenvalue weighted by molar-refractivity contribution is 0.0701. The Balaban J connectivity index is 2.54. The van der Waals surface area contributed by atoms with E-state index in [9.17, 15) is 14.7 Å². The Labute approximate surface area is 108 Å². The molecule has 0 amide bonds. The zero-order valence-corrected chi connectivity index (χ0v) is 9.83. The van der Waals surface area contributed by atoms with E-state index in [0.717, 1.165) is 6.29 Å². The van der Waals surface area contributed by atoms with Gasteiger partial charge in [-0.05, 0) is 12.1 Å². The molecule has 0 aliphatic rings. The SMILES string of the molecule is O=Cc1ccc2c(C(=O)O)c3ccccc3nc2c1. The summed E-state index contributed by atoms with van der Waals surface area (Å²) in [5.41, 5.74) is 1.82. The third kappa shape index (κ3) is 1.74. The number of carbonyl (C=O) groups is 2. The minimum Gasteiger partial charge on any atom is -0.478 e. The van der Waals surface area contributed by atoms with E-state index >= 15 is 0 Å². The molecule has 1 heterocycles. The number of pyridine rings is 1. The Morgan fingerprint density at radius 1 is 1.05 bits per heavy atom. The number of benzene rings is 2. The van der Waals surface area contributed by atoms with E-state index in [2.05, 4.69) is 4.98 Å². The summed E-state index contributed by atoms with van der Waals surface area (Å²) in [5, 5.41) is 10.5. The largest absolute Gasteiger partial charge is 0.478 e. The molecule has 0 radical (unpaired) electrons. The van der Waals surface area contributed by atoms with Crippen LogP contribution in [-0.4, -0.2) is 22.3 Å². The molecule has 0 bridgehead atoms. The number of carboxylic acid groups (broad SMARTS) is 1. The van der Waals surface area contributed by atoms with E-state index in [1.807, 2.05) is 0 Å². The summed E-state index contributed by atoms with van der Waals surface area (Å²) in [6, 6.07) is 11.9. The molecular formula is C15H9NO3. The van der Waals surface area contributed by atoms with Crippen LogP contribution in [0.3, 0.4) is 0 Å². The van der Waals surface area contributed by atoms with E-state index in [-0.39, 0.29) is 5.56 Å². The van der Waals surface area contributed by atoms with Gasteiger partial charge in [-0.1, -0.05) is 30.3 Å². The van der Waals surface area contributed by atoms with Crippen molar-refractivity contribution in [2.75, 3.05) is 0 Å². The average molecular weight is 251 g/mol. The van der Waals surface area contributed by atoms with E-state index < -0.39 is 5.97 Å². The maximum atomic E-state index is 11.5. The molecule has 19 heavy (non-hydrogen) atoms. The zero-order valence-electron chi connectivity index (χ0n) is 9.83. The van der Waals surface area contributed by atoms with Crippen molar-refractivity contribution in [1.29, 1.82) is 0 Å². The van der Waals surface area contributed by atoms with Crippen LogP contribution >= 0.6 is 0 Å². The lowest BCUT2D eigenvalue weighted by Gasteiger charge is -2.07. The lowest BCUT2D eigenvalue weighted by atomic mass is 10.0. The minimum absolute atomic E-state index is 0.220. The maximum absolute atomic E-state index is 11.5. The van der Waals surface area contributed by atoms with Gasteiger partial charge < -0.3 is 5.11 Å². The molecule has 2 aromatic carbocycles. The molecule has 1 aromatic heterocycles. The van der Waals surface area contributed by atoms with Crippen LogP contribution in [0.4, 0.5) is 0 Å². The van der Waals surface area contributed by atoms with E-state index in [4.69, 9.17) is 0 Å². The van der Waals surface area contributed by atoms with E-state index in [1.165, 1.54) is 0 Å². The fourth-order valence-corrected chi connectivity index (χ4v) is 2.21. The van der Waals surface area contributed by atoms with Crippen LogP contribution in [0.5, 0.6) is 0 Å². The number of hydrogen-bond acceptors (Lipinski definition) is 3. The number of aldehydes is 1. The molecule has 3 aromatic rings. The van der Waals surface area contributed by atoms with Crippen LogP contribution in [0.2, 0.25) is 0 Å². The second-order valence-corrected chi connectivity index (χ2v) is 4.20. The third-order valence-corrected chi connectivity index (χ3v) is 3.06. The summed E-state index contributed by atoms with van der Waals surface area (Å²) in [7, 11) is 0. The van der Waals surface area contributed by atoms with Crippen molar-refractivity contribution in [2.45, 2.75) is 0 Å². The molecule has 0 saturated carbocycles. The first-order valence-electron chi connectivity index (χ1n) is 5.71. The summed E-state index contributed by atoms with van der Waals surface area (Å²) in [4.78, 5) is 26.7. The smallest absolute Gasteiger partial charge is 0.337 e. The van der Waals surface area contributed by atoms with Gasteiger partial charge in [-0.2, -0.15) is 0 Å². The number of nitrogens with zero attached hydrogens (tertiary/aromatic N) is 1. The van der Waals surface area contributed by atoms with E-state index in [0.29, 0.717) is 27.4 Å². The van der Waals surface area contributed by atoms with Gasteiger partial charge in [0.15, 0.2) is 0 Å². The summed E-state index contributed by atoms with van der Waals surface area (Å²) in [6.45, 7) is 0. The number of carbonyl (C=O) groups excluding carboxylic acids is 1. The van der Waals surface area contributed by atoms with Crippen LogP contribution in [0.1, 0.15) is 20.7 Å². The number of para-hydroxylation sites is 1. The van der Waals surface area contributed by atoms with Crippen molar-refractivity contribution in [3.63, 3.8) is 0 Å². The molecule has 4 nitrogen and oxygen atoms in total. The Kier molecular flexibility index (Phi) is 2.49. The van der Waals surface area contributed by atoms with Gasteiger partial charge >= 0.3 is 5.97 Å². The van der Waals surface area contributed by atoms with Crippen molar-refractivity contribution < 1.29 is 14.7 Å². The highest BCUT2D eigenvalue weighted by Gasteiger charge is 2.14. The van der Waals surface area contributed by atoms with Crippen molar-refractivity contribution >= 4 is 34.1 Å². The first-order valence-corrected chi connectivity index (χ1v) is 5.71. The Hall–Kier alpha value is -2.75. The van der Waals surface area contributed by atoms with Gasteiger partial charge in [-0.25, -0.2) is 9.78 Å². The number of rotatable bonds is 2. The van der Waals surface area contributed by atoms with Crippen molar-refractivity contribution in [3.8, 4) is 0 Å². The van der Waals surface area contributed by atoms with Crippen LogP contribution in [0.15, 0.2) is 42.5 Å². The van der Waals surface area contributed by atoms with Crippen LogP contribution < -0.4 is 0 Å².